The van der Waals surface area contributed by atoms with Crippen LogP contribution >= 0.6 is 15.9 Å². The molecule has 1 saturated carbocycles. The van der Waals surface area contributed by atoms with Crippen LogP contribution in [0.4, 0.5) is 0 Å². The molecule has 1 aromatic carbocycles. The third kappa shape index (κ3) is 4.00. The minimum Gasteiger partial charge on any atom is -0.492 e. The third-order valence-electron chi connectivity index (χ3n) is 3.35. The lowest BCUT2D eigenvalue weighted by molar-refractivity contribution is 0.114. The smallest absolute Gasteiger partial charge is 0.119 e. The van der Waals surface area contributed by atoms with Gasteiger partial charge in [0.15, 0.2) is 0 Å². The first-order valence-electron chi connectivity index (χ1n) is 6.38. The fourth-order valence-electron chi connectivity index (χ4n) is 2.13. The lowest BCUT2D eigenvalue weighted by Crippen LogP contribution is -2.43. The van der Waals surface area contributed by atoms with E-state index in [-0.39, 0.29) is 0 Å². The molecule has 3 heteroatoms. The van der Waals surface area contributed by atoms with Gasteiger partial charge < -0.3 is 4.74 Å². The molecule has 1 aliphatic carbocycles. The van der Waals surface area contributed by atoms with Gasteiger partial charge in [-0.2, -0.15) is 0 Å². The van der Waals surface area contributed by atoms with E-state index >= 15 is 0 Å². The van der Waals surface area contributed by atoms with Crippen LogP contribution < -0.4 is 4.74 Å². The molecule has 2 nitrogen and oxygen atoms in total. The number of alkyl halides is 1. The summed E-state index contributed by atoms with van der Waals surface area (Å²) >= 11 is 3.53. The van der Waals surface area contributed by atoms with Crippen molar-refractivity contribution in [3.63, 3.8) is 0 Å². The zero-order valence-electron chi connectivity index (χ0n) is 10.1. The van der Waals surface area contributed by atoms with Crippen molar-refractivity contribution >= 4 is 15.9 Å². The molecule has 1 aromatic rings. The second-order valence-electron chi connectivity index (χ2n) is 4.47. The number of rotatable bonds is 7. The van der Waals surface area contributed by atoms with Crippen LogP contribution in [0.1, 0.15) is 19.3 Å². The standard InChI is InChI=1S/C14H20BrNO/c15-9-10-16(13-5-4-6-13)11-12-17-14-7-2-1-3-8-14/h1-3,7-8,13H,4-6,9-12H2. The van der Waals surface area contributed by atoms with Crippen LogP contribution in [0.2, 0.25) is 0 Å². The number of halogens is 1. The average Bonchev–Trinajstić information content (AvgIpc) is 2.28. The number of hydrogen-bond acceptors (Lipinski definition) is 2. The Morgan fingerprint density at radius 2 is 1.94 bits per heavy atom. The SMILES string of the molecule is BrCCN(CCOc1ccccc1)C1CCC1. The molecule has 0 radical (unpaired) electrons. The van der Waals surface area contributed by atoms with Gasteiger partial charge in [-0.1, -0.05) is 40.5 Å². The first-order chi connectivity index (χ1) is 8.40. The van der Waals surface area contributed by atoms with Crippen LogP contribution in [0.5, 0.6) is 5.75 Å². The van der Waals surface area contributed by atoms with Crippen LogP contribution in [-0.2, 0) is 0 Å². The molecule has 17 heavy (non-hydrogen) atoms. The highest BCUT2D eigenvalue weighted by Gasteiger charge is 2.23. The first-order valence-corrected chi connectivity index (χ1v) is 7.50. The van der Waals surface area contributed by atoms with Crippen molar-refractivity contribution in [2.45, 2.75) is 25.3 Å². The molecule has 0 unspecified atom stereocenters. The summed E-state index contributed by atoms with van der Waals surface area (Å²) in [5, 5.41) is 1.05. The number of para-hydroxylation sites is 1. The predicted molar refractivity (Wildman–Crippen MR) is 74.9 cm³/mol. The van der Waals surface area contributed by atoms with E-state index in [1.54, 1.807) is 0 Å². The normalized spacial score (nSPS) is 15.9. The van der Waals surface area contributed by atoms with Crippen molar-refractivity contribution in [2.24, 2.45) is 0 Å². The minimum atomic E-state index is 0.785. The summed E-state index contributed by atoms with van der Waals surface area (Å²) in [6.45, 7) is 2.95. The fourth-order valence-corrected chi connectivity index (χ4v) is 2.59. The number of ether oxygens (including phenoxy) is 1. The summed E-state index contributed by atoms with van der Waals surface area (Å²) < 4.78 is 5.74. The maximum atomic E-state index is 5.74. The molecule has 0 atom stereocenters. The second kappa shape index (κ2) is 7.02. The second-order valence-corrected chi connectivity index (χ2v) is 5.26. The molecule has 0 N–H and O–H groups in total. The molecule has 0 bridgehead atoms. The van der Waals surface area contributed by atoms with Crippen LogP contribution in [0.25, 0.3) is 0 Å². The van der Waals surface area contributed by atoms with Gasteiger partial charge in [-0.25, -0.2) is 0 Å². The molecule has 0 saturated heterocycles. The topological polar surface area (TPSA) is 12.5 Å². The van der Waals surface area contributed by atoms with E-state index in [0.717, 1.165) is 36.8 Å². The van der Waals surface area contributed by atoms with Crippen LogP contribution in [0, 0.1) is 0 Å². The Balaban J connectivity index is 1.71. The maximum absolute atomic E-state index is 5.74. The summed E-state index contributed by atoms with van der Waals surface area (Å²) in [4.78, 5) is 2.54. The van der Waals surface area contributed by atoms with Gasteiger partial charge in [-0.05, 0) is 25.0 Å². The van der Waals surface area contributed by atoms with Crippen molar-refractivity contribution < 1.29 is 4.74 Å². The molecular formula is C14H20BrNO. The largest absolute Gasteiger partial charge is 0.492 e. The van der Waals surface area contributed by atoms with E-state index < -0.39 is 0 Å². The van der Waals surface area contributed by atoms with Gasteiger partial charge in [-0.15, -0.1) is 0 Å². The average molecular weight is 298 g/mol. The van der Waals surface area contributed by atoms with Crippen molar-refractivity contribution in [3.8, 4) is 5.75 Å². The molecule has 2 rings (SSSR count). The zero-order chi connectivity index (χ0) is 11.9. The highest BCUT2D eigenvalue weighted by atomic mass is 79.9. The van der Waals surface area contributed by atoms with Gasteiger partial charge in [0.1, 0.15) is 12.4 Å². The van der Waals surface area contributed by atoms with Gasteiger partial charge in [-0.3, -0.25) is 4.90 Å². The van der Waals surface area contributed by atoms with Crippen molar-refractivity contribution in [3.05, 3.63) is 30.3 Å². The lowest BCUT2D eigenvalue weighted by atomic mass is 9.91. The molecule has 0 amide bonds. The third-order valence-corrected chi connectivity index (χ3v) is 3.71. The first kappa shape index (κ1) is 12.9. The Bertz CT molecular complexity index is 313. The van der Waals surface area contributed by atoms with Gasteiger partial charge in [0.05, 0.1) is 0 Å². The Morgan fingerprint density at radius 1 is 1.18 bits per heavy atom. The number of hydrogen-bond donors (Lipinski definition) is 0. The van der Waals surface area contributed by atoms with Crippen molar-refractivity contribution in [1.29, 1.82) is 0 Å². The summed E-state index contributed by atoms with van der Waals surface area (Å²) in [6, 6.07) is 10.9. The van der Waals surface area contributed by atoms with E-state index in [1.165, 1.54) is 19.3 Å². The Morgan fingerprint density at radius 3 is 2.53 bits per heavy atom. The Kier molecular flexibility index (Phi) is 5.33. The molecule has 0 spiro atoms. The lowest BCUT2D eigenvalue weighted by Gasteiger charge is -2.37. The van der Waals surface area contributed by atoms with Gasteiger partial charge >= 0.3 is 0 Å². The van der Waals surface area contributed by atoms with E-state index in [9.17, 15) is 0 Å². The molecule has 1 aliphatic rings. The van der Waals surface area contributed by atoms with Crippen molar-refractivity contribution in [1.82, 2.24) is 4.90 Å². The van der Waals surface area contributed by atoms with E-state index in [1.807, 2.05) is 30.3 Å². The summed E-state index contributed by atoms with van der Waals surface area (Å²) in [6.07, 6.45) is 4.11. The predicted octanol–water partition coefficient (Wildman–Crippen LogP) is 3.31. The van der Waals surface area contributed by atoms with Crippen molar-refractivity contribution in [2.75, 3.05) is 25.0 Å². The number of nitrogens with zero attached hydrogens (tertiary/aromatic N) is 1. The fraction of sp³-hybridized carbons (Fsp3) is 0.571. The van der Waals surface area contributed by atoms with E-state index in [0.29, 0.717) is 0 Å². The van der Waals surface area contributed by atoms with Crippen LogP contribution in [0.3, 0.4) is 0 Å². The highest BCUT2D eigenvalue weighted by Crippen LogP contribution is 2.24. The summed E-state index contributed by atoms with van der Waals surface area (Å²) in [5.74, 6) is 0.972. The zero-order valence-corrected chi connectivity index (χ0v) is 11.7. The number of benzene rings is 1. The molecular weight excluding hydrogens is 278 g/mol. The Hall–Kier alpha value is -0.540. The van der Waals surface area contributed by atoms with Crippen LogP contribution in [-0.4, -0.2) is 36.0 Å². The van der Waals surface area contributed by atoms with Crippen LogP contribution in [0.15, 0.2) is 30.3 Å². The summed E-state index contributed by atoms with van der Waals surface area (Å²) in [5.41, 5.74) is 0. The highest BCUT2D eigenvalue weighted by molar-refractivity contribution is 9.09. The molecule has 0 aliphatic heterocycles. The van der Waals surface area contributed by atoms with Gasteiger partial charge in [0.2, 0.25) is 0 Å². The minimum absolute atomic E-state index is 0.785. The molecule has 0 heterocycles. The molecule has 94 valence electrons. The van der Waals surface area contributed by atoms with Gasteiger partial charge in [0, 0.05) is 24.5 Å². The van der Waals surface area contributed by atoms with Gasteiger partial charge in [0.25, 0.3) is 0 Å². The summed E-state index contributed by atoms with van der Waals surface area (Å²) in [7, 11) is 0. The van der Waals surface area contributed by atoms with E-state index in [2.05, 4.69) is 20.8 Å². The molecule has 0 aromatic heterocycles. The monoisotopic (exact) mass is 297 g/mol. The van der Waals surface area contributed by atoms with E-state index in [4.69, 9.17) is 4.74 Å². The molecule has 1 fully saturated rings. The Labute approximate surface area is 112 Å². The maximum Gasteiger partial charge on any atom is 0.119 e. The quantitative estimate of drug-likeness (QED) is 0.716.